The molecular formula is C22H34N4O4. The minimum atomic E-state index is -0.252. The van der Waals surface area contributed by atoms with Crippen LogP contribution in [-0.4, -0.2) is 91.4 Å². The van der Waals surface area contributed by atoms with Gasteiger partial charge in [0.25, 0.3) is 0 Å². The number of amides is 3. The number of methoxy groups -OCH3 is 1. The van der Waals surface area contributed by atoms with Crippen LogP contribution in [0.5, 0.6) is 5.75 Å². The molecule has 1 aromatic carbocycles. The molecule has 30 heavy (non-hydrogen) atoms. The second kappa shape index (κ2) is 10.4. The lowest BCUT2D eigenvalue weighted by Gasteiger charge is -2.35. The highest BCUT2D eigenvalue weighted by atomic mass is 16.5. The van der Waals surface area contributed by atoms with Crippen molar-refractivity contribution in [3.05, 3.63) is 29.8 Å². The van der Waals surface area contributed by atoms with Crippen molar-refractivity contribution in [2.75, 3.05) is 53.4 Å². The first kappa shape index (κ1) is 23.7. The van der Waals surface area contributed by atoms with Crippen LogP contribution in [-0.2, 0) is 20.8 Å². The maximum absolute atomic E-state index is 12.6. The summed E-state index contributed by atoms with van der Waals surface area (Å²) in [5.41, 5.74) is 0.625. The number of nitrogens with zero attached hydrogens (tertiary/aromatic N) is 3. The van der Waals surface area contributed by atoms with Crippen molar-refractivity contribution in [2.45, 2.75) is 32.7 Å². The molecule has 0 spiro atoms. The molecule has 1 aliphatic heterocycles. The van der Waals surface area contributed by atoms with Crippen molar-refractivity contribution in [1.29, 1.82) is 0 Å². The fourth-order valence-corrected chi connectivity index (χ4v) is 3.26. The summed E-state index contributed by atoms with van der Waals surface area (Å²) in [5.74, 6) is 0.557. The molecule has 166 valence electrons. The van der Waals surface area contributed by atoms with Gasteiger partial charge in [-0.15, -0.1) is 0 Å². The van der Waals surface area contributed by atoms with Gasteiger partial charge in [-0.05, 0) is 38.5 Å². The highest BCUT2D eigenvalue weighted by Crippen LogP contribution is 2.12. The number of rotatable bonds is 7. The molecule has 0 unspecified atom stereocenters. The number of carbonyl (C=O) groups excluding carboxylic acids is 3. The molecule has 8 heteroatoms. The predicted molar refractivity (Wildman–Crippen MR) is 115 cm³/mol. The molecular weight excluding hydrogens is 384 g/mol. The Morgan fingerprint density at radius 3 is 2.20 bits per heavy atom. The number of ether oxygens (including phenoxy) is 1. The minimum absolute atomic E-state index is 0.00821. The molecule has 1 fully saturated rings. The van der Waals surface area contributed by atoms with Crippen LogP contribution in [0.4, 0.5) is 0 Å². The fourth-order valence-electron chi connectivity index (χ4n) is 3.26. The normalized spacial score (nSPS) is 14.9. The average molecular weight is 419 g/mol. The minimum Gasteiger partial charge on any atom is -0.497 e. The summed E-state index contributed by atoms with van der Waals surface area (Å²) < 4.78 is 5.12. The van der Waals surface area contributed by atoms with Gasteiger partial charge in [0.15, 0.2) is 0 Å². The zero-order valence-electron chi connectivity index (χ0n) is 18.7. The fraction of sp³-hybridized carbons (Fsp3) is 0.591. The third-order valence-corrected chi connectivity index (χ3v) is 4.92. The van der Waals surface area contributed by atoms with Crippen LogP contribution < -0.4 is 10.1 Å². The van der Waals surface area contributed by atoms with Crippen molar-refractivity contribution in [3.63, 3.8) is 0 Å². The van der Waals surface area contributed by atoms with Gasteiger partial charge in [0.1, 0.15) is 5.75 Å². The third-order valence-electron chi connectivity index (χ3n) is 4.92. The molecule has 8 nitrogen and oxygen atoms in total. The Hall–Kier alpha value is -2.61. The summed E-state index contributed by atoms with van der Waals surface area (Å²) in [4.78, 5) is 42.4. The molecule has 3 amide bonds. The number of benzene rings is 1. The highest BCUT2D eigenvalue weighted by molar-refractivity contribution is 5.85. The lowest BCUT2D eigenvalue weighted by atomic mass is 10.1. The lowest BCUT2D eigenvalue weighted by Crippen LogP contribution is -2.54. The van der Waals surface area contributed by atoms with Gasteiger partial charge in [0, 0.05) is 38.8 Å². The molecule has 0 radical (unpaired) electrons. The Balaban J connectivity index is 1.75. The number of hydrogen-bond acceptors (Lipinski definition) is 5. The van der Waals surface area contributed by atoms with Gasteiger partial charge in [-0.25, -0.2) is 0 Å². The van der Waals surface area contributed by atoms with E-state index in [0.717, 1.165) is 11.3 Å². The van der Waals surface area contributed by atoms with E-state index in [1.165, 1.54) is 4.90 Å². The first-order valence-electron chi connectivity index (χ1n) is 10.3. The van der Waals surface area contributed by atoms with Crippen LogP contribution in [0.2, 0.25) is 0 Å². The molecule has 1 aromatic rings. The Labute approximate surface area is 179 Å². The summed E-state index contributed by atoms with van der Waals surface area (Å²) in [7, 11) is 3.25. The van der Waals surface area contributed by atoms with Crippen molar-refractivity contribution >= 4 is 17.7 Å². The van der Waals surface area contributed by atoms with E-state index in [4.69, 9.17) is 4.74 Å². The molecule has 1 heterocycles. The van der Waals surface area contributed by atoms with Gasteiger partial charge in [0.2, 0.25) is 17.7 Å². The number of hydrogen-bond donors (Lipinski definition) is 1. The van der Waals surface area contributed by atoms with Gasteiger partial charge in [-0.2, -0.15) is 0 Å². The van der Waals surface area contributed by atoms with Crippen molar-refractivity contribution in [3.8, 4) is 5.75 Å². The average Bonchev–Trinajstić information content (AvgIpc) is 2.67. The van der Waals surface area contributed by atoms with E-state index in [9.17, 15) is 14.4 Å². The molecule has 1 saturated heterocycles. The van der Waals surface area contributed by atoms with Crippen LogP contribution in [0, 0.1) is 0 Å². The van der Waals surface area contributed by atoms with Gasteiger partial charge in [0.05, 0.1) is 26.6 Å². The van der Waals surface area contributed by atoms with Gasteiger partial charge >= 0.3 is 0 Å². The zero-order chi connectivity index (χ0) is 22.3. The van der Waals surface area contributed by atoms with Crippen LogP contribution in [0.3, 0.4) is 0 Å². The van der Waals surface area contributed by atoms with Gasteiger partial charge in [-0.3, -0.25) is 19.3 Å². The van der Waals surface area contributed by atoms with E-state index >= 15 is 0 Å². The second-order valence-corrected chi connectivity index (χ2v) is 8.73. The van der Waals surface area contributed by atoms with E-state index < -0.39 is 0 Å². The molecule has 0 atom stereocenters. The van der Waals surface area contributed by atoms with Gasteiger partial charge < -0.3 is 19.9 Å². The Bertz CT molecular complexity index is 734. The summed E-state index contributed by atoms with van der Waals surface area (Å²) in [5, 5.41) is 2.95. The Morgan fingerprint density at radius 1 is 1.07 bits per heavy atom. The van der Waals surface area contributed by atoms with Crippen LogP contribution >= 0.6 is 0 Å². The molecule has 0 bridgehead atoms. The van der Waals surface area contributed by atoms with E-state index in [1.807, 2.05) is 49.9 Å². The smallest absolute Gasteiger partial charge is 0.242 e. The highest BCUT2D eigenvalue weighted by Gasteiger charge is 2.25. The molecule has 1 aliphatic rings. The standard InChI is InChI=1S/C22H34N4O4/c1-22(2,3)23-19(27)15-25-10-12-26(13-11-25)21(29)16-24(4)20(28)14-17-6-8-18(30-5)9-7-17/h6-9H,10-16H2,1-5H3,(H,23,27). The Morgan fingerprint density at radius 2 is 1.67 bits per heavy atom. The van der Waals surface area contributed by atoms with E-state index in [0.29, 0.717) is 32.7 Å². The summed E-state index contributed by atoms with van der Waals surface area (Å²) in [6.45, 7) is 8.65. The SMILES string of the molecule is COc1ccc(CC(=O)N(C)CC(=O)N2CCN(CC(=O)NC(C)(C)C)CC2)cc1. The summed E-state index contributed by atoms with van der Waals surface area (Å²) in [6, 6.07) is 7.33. The number of piperazine rings is 1. The molecule has 2 rings (SSSR count). The third kappa shape index (κ3) is 7.67. The van der Waals surface area contributed by atoms with Crippen molar-refractivity contribution in [2.24, 2.45) is 0 Å². The molecule has 0 saturated carbocycles. The molecule has 1 N–H and O–H groups in total. The number of likely N-dealkylation sites (N-methyl/N-ethyl adjacent to an activating group) is 1. The monoisotopic (exact) mass is 418 g/mol. The maximum atomic E-state index is 12.6. The maximum Gasteiger partial charge on any atom is 0.242 e. The second-order valence-electron chi connectivity index (χ2n) is 8.73. The summed E-state index contributed by atoms with van der Waals surface area (Å²) in [6.07, 6.45) is 0.241. The van der Waals surface area contributed by atoms with Gasteiger partial charge in [-0.1, -0.05) is 12.1 Å². The Kier molecular flexibility index (Phi) is 8.23. The van der Waals surface area contributed by atoms with Crippen LogP contribution in [0.1, 0.15) is 26.3 Å². The van der Waals surface area contributed by atoms with Crippen molar-refractivity contribution < 1.29 is 19.1 Å². The molecule has 0 aliphatic carbocycles. The van der Waals surface area contributed by atoms with E-state index in [-0.39, 0.29) is 36.2 Å². The van der Waals surface area contributed by atoms with Crippen molar-refractivity contribution in [1.82, 2.24) is 20.0 Å². The first-order chi connectivity index (χ1) is 14.1. The number of nitrogens with one attached hydrogen (secondary N) is 1. The van der Waals surface area contributed by atoms with E-state index in [1.54, 1.807) is 19.1 Å². The molecule has 0 aromatic heterocycles. The zero-order valence-corrected chi connectivity index (χ0v) is 18.7. The predicted octanol–water partition coefficient (Wildman–Crippen LogP) is 0.755. The van der Waals surface area contributed by atoms with Crippen LogP contribution in [0.15, 0.2) is 24.3 Å². The summed E-state index contributed by atoms with van der Waals surface area (Å²) >= 11 is 0. The quantitative estimate of drug-likeness (QED) is 0.707. The lowest BCUT2D eigenvalue weighted by molar-refractivity contribution is -0.140. The number of carbonyl (C=O) groups is 3. The van der Waals surface area contributed by atoms with Crippen LogP contribution in [0.25, 0.3) is 0 Å². The van der Waals surface area contributed by atoms with E-state index in [2.05, 4.69) is 5.32 Å². The topological polar surface area (TPSA) is 82.2 Å². The largest absolute Gasteiger partial charge is 0.497 e. The first-order valence-corrected chi connectivity index (χ1v) is 10.3.